The first-order valence-electron chi connectivity index (χ1n) is 11.0. The second kappa shape index (κ2) is 10.2. The molecule has 3 aromatic heterocycles. The number of rotatable bonds is 9. The fourth-order valence-electron chi connectivity index (χ4n) is 3.91. The average Bonchev–Trinajstić information content (AvgIpc) is 3.32. The van der Waals surface area contributed by atoms with E-state index in [1.807, 2.05) is 20.8 Å². The molecule has 0 atom stereocenters. The van der Waals surface area contributed by atoms with Crippen LogP contribution in [0.25, 0.3) is 17.1 Å². The molecule has 1 N–H and O–H groups in total. The highest BCUT2D eigenvalue weighted by Crippen LogP contribution is 2.32. The molecule has 4 aromatic rings. The minimum atomic E-state index is -2.52. The van der Waals surface area contributed by atoms with Crippen molar-refractivity contribution in [2.45, 2.75) is 33.7 Å². The van der Waals surface area contributed by atoms with Crippen LogP contribution in [0.2, 0.25) is 0 Å². The Morgan fingerprint density at radius 1 is 1.03 bits per heavy atom. The van der Waals surface area contributed by atoms with Crippen LogP contribution in [0, 0.1) is 20.8 Å². The predicted molar refractivity (Wildman–Crippen MR) is 128 cm³/mol. The van der Waals surface area contributed by atoms with E-state index < -0.39 is 6.43 Å². The topological polar surface area (TPSA) is 91.9 Å². The van der Waals surface area contributed by atoms with Crippen LogP contribution >= 0.6 is 0 Å². The van der Waals surface area contributed by atoms with Crippen molar-refractivity contribution >= 4 is 11.6 Å². The van der Waals surface area contributed by atoms with Crippen LogP contribution in [0.5, 0.6) is 5.75 Å². The molecule has 0 amide bonds. The third kappa shape index (κ3) is 4.85. The molecule has 4 rings (SSSR count). The minimum absolute atomic E-state index is 0.0298. The number of halogens is 2. The van der Waals surface area contributed by atoms with Gasteiger partial charge in [0.1, 0.15) is 23.7 Å². The molecule has 3 heterocycles. The van der Waals surface area contributed by atoms with Crippen molar-refractivity contribution in [1.29, 1.82) is 0 Å². The van der Waals surface area contributed by atoms with Crippen LogP contribution in [0.4, 0.5) is 20.4 Å². The Hall–Kier alpha value is -3.86. The van der Waals surface area contributed by atoms with Gasteiger partial charge >= 0.3 is 0 Å². The SMILES string of the molecule is COCCn1nc(-c2ccc(C(F)F)cc2)c(C)c1Nc1cc(-n2nc(C)c(OC)c2C)ncn1. The van der Waals surface area contributed by atoms with Crippen LogP contribution in [-0.2, 0) is 11.3 Å². The number of anilines is 2. The molecule has 184 valence electrons. The summed E-state index contributed by atoms with van der Waals surface area (Å²) >= 11 is 0. The van der Waals surface area contributed by atoms with Crippen molar-refractivity contribution in [2.24, 2.45) is 0 Å². The van der Waals surface area contributed by atoms with Gasteiger partial charge in [-0.1, -0.05) is 24.3 Å². The van der Waals surface area contributed by atoms with Crippen LogP contribution in [-0.4, -0.2) is 50.4 Å². The van der Waals surface area contributed by atoms with Crippen molar-refractivity contribution in [1.82, 2.24) is 29.5 Å². The quantitative estimate of drug-likeness (QED) is 0.366. The molecule has 0 aliphatic carbocycles. The lowest BCUT2D eigenvalue weighted by molar-refractivity contribution is 0.151. The first kappa shape index (κ1) is 24.3. The summed E-state index contributed by atoms with van der Waals surface area (Å²) in [6.45, 7) is 6.63. The maximum Gasteiger partial charge on any atom is 0.263 e. The molecule has 0 fully saturated rings. The van der Waals surface area contributed by atoms with Gasteiger partial charge in [-0.05, 0) is 20.8 Å². The van der Waals surface area contributed by atoms with E-state index in [0.717, 1.165) is 22.5 Å². The Bertz CT molecular complexity index is 1320. The molecule has 0 bridgehead atoms. The molecule has 0 saturated heterocycles. The predicted octanol–water partition coefficient (Wildman–Crippen LogP) is 4.79. The zero-order valence-electron chi connectivity index (χ0n) is 20.2. The van der Waals surface area contributed by atoms with E-state index in [-0.39, 0.29) is 5.56 Å². The molecular formula is C24H27F2N7O2. The number of benzene rings is 1. The third-order valence-corrected chi connectivity index (χ3v) is 5.68. The third-order valence-electron chi connectivity index (χ3n) is 5.68. The van der Waals surface area contributed by atoms with E-state index in [4.69, 9.17) is 14.6 Å². The standard InChI is InChI=1S/C24H27F2N7O2/c1-14-21(17-6-8-18(9-7-17)23(25)26)31-32(10-11-34-4)24(14)29-19-12-20(28-13-27-19)33-16(3)22(35-5)15(2)30-33/h6-9,12-13,23H,10-11H2,1-5H3,(H,27,28,29). The van der Waals surface area contributed by atoms with Crippen molar-refractivity contribution < 1.29 is 18.3 Å². The fourth-order valence-corrected chi connectivity index (χ4v) is 3.91. The second-order valence-corrected chi connectivity index (χ2v) is 7.96. The highest BCUT2D eigenvalue weighted by Gasteiger charge is 2.19. The van der Waals surface area contributed by atoms with Gasteiger partial charge in [0.25, 0.3) is 6.43 Å². The van der Waals surface area contributed by atoms with Gasteiger partial charge in [0.2, 0.25) is 0 Å². The van der Waals surface area contributed by atoms with Gasteiger partial charge in [0.15, 0.2) is 11.6 Å². The summed E-state index contributed by atoms with van der Waals surface area (Å²) in [7, 11) is 3.23. The van der Waals surface area contributed by atoms with Crippen molar-refractivity contribution in [3.63, 3.8) is 0 Å². The number of aromatic nitrogens is 6. The Kier molecular flexibility index (Phi) is 7.06. The Morgan fingerprint density at radius 3 is 2.40 bits per heavy atom. The molecule has 0 aliphatic heterocycles. The number of nitrogens with one attached hydrogen (secondary N) is 1. The Morgan fingerprint density at radius 2 is 1.77 bits per heavy atom. The highest BCUT2D eigenvalue weighted by atomic mass is 19.3. The summed E-state index contributed by atoms with van der Waals surface area (Å²) in [5.41, 5.74) is 3.82. The molecule has 0 unspecified atom stereocenters. The van der Waals surface area contributed by atoms with Crippen LogP contribution < -0.4 is 10.1 Å². The smallest absolute Gasteiger partial charge is 0.263 e. The second-order valence-electron chi connectivity index (χ2n) is 7.96. The summed E-state index contributed by atoms with van der Waals surface area (Å²) in [6, 6.07) is 7.92. The summed E-state index contributed by atoms with van der Waals surface area (Å²) in [5.74, 6) is 2.54. The van der Waals surface area contributed by atoms with Crippen LogP contribution in [0.1, 0.15) is 28.9 Å². The average molecular weight is 484 g/mol. The lowest BCUT2D eigenvalue weighted by atomic mass is 10.1. The van der Waals surface area contributed by atoms with E-state index in [1.54, 1.807) is 41.8 Å². The van der Waals surface area contributed by atoms with E-state index in [2.05, 4.69) is 20.4 Å². The number of nitrogens with zero attached hydrogens (tertiary/aromatic N) is 6. The molecule has 1 aromatic carbocycles. The molecule has 0 aliphatic rings. The van der Waals surface area contributed by atoms with Gasteiger partial charge in [-0.15, -0.1) is 0 Å². The van der Waals surface area contributed by atoms with E-state index in [1.165, 1.54) is 18.5 Å². The number of methoxy groups -OCH3 is 2. The molecule has 11 heteroatoms. The molecule has 0 radical (unpaired) electrons. The highest BCUT2D eigenvalue weighted by molar-refractivity contribution is 5.71. The Labute approximate surface area is 201 Å². The summed E-state index contributed by atoms with van der Waals surface area (Å²) < 4.78 is 40.1. The van der Waals surface area contributed by atoms with Gasteiger partial charge in [-0.3, -0.25) is 0 Å². The summed E-state index contributed by atoms with van der Waals surface area (Å²) in [4.78, 5) is 8.73. The summed E-state index contributed by atoms with van der Waals surface area (Å²) in [5, 5.41) is 12.6. The van der Waals surface area contributed by atoms with E-state index >= 15 is 0 Å². The largest absolute Gasteiger partial charge is 0.493 e. The lowest BCUT2D eigenvalue weighted by Gasteiger charge is -2.11. The van der Waals surface area contributed by atoms with Crippen LogP contribution in [0.3, 0.4) is 0 Å². The normalized spacial score (nSPS) is 11.3. The van der Waals surface area contributed by atoms with E-state index in [0.29, 0.717) is 42.0 Å². The Balaban J connectivity index is 1.70. The number of ether oxygens (including phenoxy) is 2. The number of hydrogen-bond acceptors (Lipinski definition) is 7. The molecule has 0 saturated carbocycles. The number of alkyl halides is 2. The lowest BCUT2D eigenvalue weighted by Crippen LogP contribution is -2.11. The zero-order valence-corrected chi connectivity index (χ0v) is 20.2. The molecule has 0 spiro atoms. The van der Waals surface area contributed by atoms with Gasteiger partial charge in [-0.25, -0.2) is 28.1 Å². The first-order valence-corrected chi connectivity index (χ1v) is 11.0. The summed E-state index contributed by atoms with van der Waals surface area (Å²) in [6.07, 6.45) is -1.06. The zero-order chi connectivity index (χ0) is 25.1. The number of aryl methyl sites for hydroxylation is 1. The van der Waals surface area contributed by atoms with Gasteiger partial charge in [-0.2, -0.15) is 10.2 Å². The fraction of sp³-hybridized carbons (Fsp3) is 0.333. The van der Waals surface area contributed by atoms with Gasteiger partial charge in [0, 0.05) is 29.9 Å². The van der Waals surface area contributed by atoms with Crippen LogP contribution in [0.15, 0.2) is 36.7 Å². The van der Waals surface area contributed by atoms with E-state index in [9.17, 15) is 8.78 Å². The van der Waals surface area contributed by atoms with Gasteiger partial charge < -0.3 is 14.8 Å². The molecule has 35 heavy (non-hydrogen) atoms. The van der Waals surface area contributed by atoms with Gasteiger partial charge in [0.05, 0.1) is 31.6 Å². The molecule has 9 nitrogen and oxygen atoms in total. The van der Waals surface area contributed by atoms with Crippen molar-refractivity contribution in [3.05, 3.63) is 59.2 Å². The molecular weight excluding hydrogens is 456 g/mol. The minimum Gasteiger partial charge on any atom is -0.493 e. The van der Waals surface area contributed by atoms with Crippen molar-refractivity contribution in [2.75, 3.05) is 26.1 Å². The maximum absolute atomic E-state index is 13.0. The number of hydrogen-bond donors (Lipinski definition) is 1. The maximum atomic E-state index is 13.0. The first-order chi connectivity index (χ1) is 16.8. The monoisotopic (exact) mass is 483 g/mol. The van der Waals surface area contributed by atoms with Crippen molar-refractivity contribution in [3.8, 4) is 22.8 Å².